The number of nitrogens with one attached hydrogen (secondary N) is 2. The molecular weight excluding hydrogens is 548 g/mol. The van der Waals surface area contributed by atoms with Gasteiger partial charge in [0.25, 0.3) is 17.5 Å². The number of nitro benzene ring substituents is 1. The van der Waals surface area contributed by atoms with E-state index in [-0.39, 0.29) is 28.3 Å². The first-order valence-electron chi connectivity index (χ1n) is 8.92. The first kappa shape index (κ1) is 23.1. The maximum absolute atomic E-state index is 12.6. The van der Waals surface area contributed by atoms with E-state index in [0.29, 0.717) is 14.5 Å². The summed E-state index contributed by atoms with van der Waals surface area (Å²) in [6.45, 7) is 0. The van der Waals surface area contributed by atoms with Gasteiger partial charge in [-0.05, 0) is 52.3 Å². The lowest BCUT2D eigenvalue weighted by atomic mass is 10.1. The number of hydrogen-bond acceptors (Lipinski definition) is 6. The van der Waals surface area contributed by atoms with E-state index in [4.69, 9.17) is 0 Å². The minimum absolute atomic E-state index is 0.0399. The van der Waals surface area contributed by atoms with Gasteiger partial charge >= 0.3 is 0 Å². The summed E-state index contributed by atoms with van der Waals surface area (Å²) >= 11 is 6.52. The fourth-order valence-electron chi connectivity index (χ4n) is 2.62. The van der Waals surface area contributed by atoms with Gasteiger partial charge in [-0.15, -0.1) is 0 Å². The molecule has 3 N–H and O–H groups in total. The van der Waals surface area contributed by atoms with Crippen molar-refractivity contribution in [1.29, 1.82) is 0 Å². The zero-order valence-corrected chi connectivity index (χ0v) is 19.3. The van der Waals surface area contributed by atoms with Gasteiger partial charge in [0, 0.05) is 27.7 Å². The van der Waals surface area contributed by atoms with Gasteiger partial charge in [0.15, 0.2) is 0 Å². The van der Waals surface area contributed by atoms with E-state index in [1.165, 1.54) is 36.5 Å². The third-order valence-electron chi connectivity index (χ3n) is 4.19. The number of hydrazone groups is 1. The number of carbonyl (C=O) groups excluding carboxylic acids is 2. The summed E-state index contributed by atoms with van der Waals surface area (Å²) < 4.78 is 1.16. The molecule has 0 saturated heterocycles. The Kier molecular flexibility index (Phi) is 7.33. The van der Waals surface area contributed by atoms with Gasteiger partial charge in [-0.2, -0.15) is 5.10 Å². The average molecular weight is 562 g/mol. The number of hydrogen-bond donors (Lipinski definition) is 3. The molecule has 3 rings (SSSR count). The van der Waals surface area contributed by atoms with Crippen LogP contribution in [0.2, 0.25) is 0 Å². The normalized spacial score (nSPS) is 10.7. The van der Waals surface area contributed by atoms with Gasteiger partial charge in [0.2, 0.25) is 0 Å². The fraction of sp³-hybridized carbons (Fsp3) is 0. The number of anilines is 1. The van der Waals surface area contributed by atoms with Gasteiger partial charge in [0.05, 0.1) is 26.9 Å². The van der Waals surface area contributed by atoms with Gasteiger partial charge in [0.1, 0.15) is 5.75 Å². The highest BCUT2D eigenvalue weighted by Gasteiger charge is 2.15. The predicted molar refractivity (Wildman–Crippen MR) is 126 cm³/mol. The van der Waals surface area contributed by atoms with Crippen LogP contribution in [0.1, 0.15) is 26.3 Å². The Bertz CT molecular complexity index is 1230. The van der Waals surface area contributed by atoms with Crippen LogP contribution < -0.4 is 10.7 Å². The average Bonchev–Trinajstić information content (AvgIpc) is 2.77. The van der Waals surface area contributed by atoms with Crippen molar-refractivity contribution in [1.82, 2.24) is 5.43 Å². The third-order valence-corrected chi connectivity index (χ3v) is 5.25. The molecule has 0 aromatic heterocycles. The molecule has 162 valence electrons. The second-order valence-corrected chi connectivity index (χ2v) is 8.10. The number of phenolic OH excluding ortho intramolecular Hbond substituents is 1. The molecule has 2 amide bonds. The van der Waals surface area contributed by atoms with Crippen LogP contribution in [0.4, 0.5) is 11.4 Å². The molecule has 0 radical (unpaired) electrons. The van der Waals surface area contributed by atoms with Crippen molar-refractivity contribution in [2.24, 2.45) is 5.10 Å². The van der Waals surface area contributed by atoms with Crippen LogP contribution >= 0.6 is 31.9 Å². The summed E-state index contributed by atoms with van der Waals surface area (Å²) in [5, 5.41) is 27.3. The Labute approximate surface area is 198 Å². The van der Waals surface area contributed by atoms with E-state index in [1.807, 2.05) is 0 Å². The Morgan fingerprint density at radius 2 is 1.72 bits per heavy atom. The smallest absolute Gasteiger partial charge is 0.273 e. The molecule has 0 unspecified atom stereocenters. The lowest BCUT2D eigenvalue weighted by Crippen LogP contribution is -2.21. The number of nitrogens with zero attached hydrogens (tertiary/aromatic N) is 2. The van der Waals surface area contributed by atoms with E-state index in [0.717, 1.165) is 0 Å². The van der Waals surface area contributed by atoms with Crippen LogP contribution in [0, 0.1) is 10.1 Å². The molecule has 11 heteroatoms. The molecule has 0 aliphatic carbocycles. The lowest BCUT2D eigenvalue weighted by molar-refractivity contribution is -0.384. The Morgan fingerprint density at radius 3 is 2.41 bits per heavy atom. The summed E-state index contributed by atoms with van der Waals surface area (Å²) in [7, 11) is 0. The van der Waals surface area contributed by atoms with Gasteiger partial charge in [-0.1, -0.05) is 28.1 Å². The number of nitro groups is 1. The largest absolute Gasteiger partial charge is 0.506 e. The highest BCUT2D eigenvalue weighted by Crippen LogP contribution is 2.30. The lowest BCUT2D eigenvalue weighted by Gasteiger charge is -2.10. The minimum Gasteiger partial charge on any atom is -0.506 e. The molecule has 9 nitrogen and oxygen atoms in total. The molecular formula is C21H14Br2N4O5. The quantitative estimate of drug-likeness (QED) is 0.225. The standard InChI is InChI=1S/C21H14Br2N4O5/c22-14-9-13(19(28)17(23)10-14)11-24-26-21(30)16-3-1-2-4-18(16)25-20(29)12-5-7-15(8-6-12)27(31)32/h1-11,28H,(H,25,29)(H,26,30)/b24-11-. The fourth-order valence-corrected chi connectivity index (χ4v) is 3.88. The van der Waals surface area contributed by atoms with Gasteiger partial charge in [-0.3, -0.25) is 19.7 Å². The number of non-ortho nitro benzene ring substituents is 1. The van der Waals surface area contributed by atoms with Gasteiger partial charge in [-0.25, -0.2) is 5.43 Å². The van der Waals surface area contributed by atoms with Crippen molar-refractivity contribution < 1.29 is 19.6 Å². The van der Waals surface area contributed by atoms with E-state index in [1.54, 1.807) is 30.3 Å². The van der Waals surface area contributed by atoms with E-state index >= 15 is 0 Å². The second-order valence-electron chi connectivity index (χ2n) is 6.33. The molecule has 32 heavy (non-hydrogen) atoms. The molecule has 0 fully saturated rings. The molecule has 0 aliphatic heterocycles. The van der Waals surface area contributed by atoms with Crippen molar-refractivity contribution in [3.05, 3.63) is 96.4 Å². The Morgan fingerprint density at radius 1 is 1.03 bits per heavy atom. The van der Waals surface area contributed by atoms with Gasteiger partial charge < -0.3 is 10.4 Å². The van der Waals surface area contributed by atoms with E-state index < -0.39 is 16.7 Å². The number of benzene rings is 3. The van der Waals surface area contributed by atoms with Crippen molar-refractivity contribution in [2.75, 3.05) is 5.32 Å². The zero-order valence-electron chi connectivity index (χ0n) is 16.1. The number of carbonyl (C=O) groups is 2. The van der Waals surface area contributed by atoms with E-state index in [2.05, 4.69) is 47.7 Å². The zero-order chi connectivity index (χ0) is 23.3. The van der Waals surface area contributed by atoms with Crippen molar-refractivity contribution in [3.63, 3.8) is 0 Å². The molecule has 0 aliphatic rings. The Hall–Kier alpha value is -3.57. The molecule has 0 saturated carbocycles. The summed E-state index contributed by atoms with van der Waals surface area (Å²) in [5.74, 6) is -1.16. The number of phenols is 1. The number of para-hydroxylation sites is 1. The van der Waals surface area contributed by atoms with Crippen LogP contribution in [0.25, 0.3) is 0 Å². The second kappa shape index (κ2) is 10.2. The molecule has 0 spiro atoms. The number of halogens is 2. The number of amides is 2. The van der Waals surface area contributed by atoms with Crippen LogP contribution in [0.3, 0.4) is 0 Å². The molecule has 3 aromatic rings. The van der Waals surface area contributed by atoms with Crippen molar-refractivity contribution in [3.8, 4) is 5.75 Å². The summed E-state index contributed by atoms with van der Waals surface area (Å²) in [4.78, 5) is 35.3. The molecule has 3 aromatic carbocycles. The van der Waals surface area contributed by atoms with Crippen LogP contribution in [-0.2, 0) is 0 Å². The molecule has 0 atom stereocenters. The van der Waals surface area contributed by atoms with Crippen LogP contribution in [-0.4, -0.2) is 28.1 Å². The maximum atomic E-state index is 12.6. The first-order chi connectivity index (χ1) is 15.3. The number of rotatable bonds is 6. The maximum Gasteiger partial charge on any atom is 0.273 e. The van der Waals surface area contributed by atoms with Crippen molar-refractivity contribution >= 4 is 61.3 Å². The van der Waals surface area contributed by atoms with Crippen LogP contribution in [0.5, 0.6) is 5.75 Å². The highest BCUT2D eigenvalue weighted by atomic mass is 79.9. The third kappa shape index (κ3) is 5.56. The Balaban J connectivity index is 1.74. The highest BCUT2D eigenvalue weighted by molar-refractivity contribution is 9.11. The summed E-state index contributed by atoms with van der Waals surface area (Å²) in [5.41, 5.74) is 3.16. The predicted octanol–water partition coefficient (Wildman–Crippen LogP) is 4.84. The van der Waals surface area contributed by atoms with Crippen molar-refractivity contribution in [2.45, 2.75) is 0 Å². The SMILES string of the molecule is O=C(Nc1ccccc1C(=O)N/N=C\c1cc(Br)cc(Br)c1O)c1ccc([N+](=O)[O-])cc1. The summed E-state index contributed by atoms with van der Waals surface area (Å²) in [6.07, 6.45) is 1.28. The number of aromatic hydroxyl groups is 1. The summed E-state index contributed by atoms with van der Waals surface area (Å²) in [6, 6.07) is 14.7. The topological polar surface area (TPSA) is 134 Å². The molecule has 0 bridgehead atoms. The first-order valence-corrected chi connectivity index (χ1v) is 10.5. The minimum atomic E-state index is -0.589. The monoisotopic (exact) mass is 560 g/mol. The van der Waals surface area contributed by atoms with Crippen LogP contribution in [0.15, 0.2) is 74.7 Å². The van der Waals surface area contributed by atoms with E-state index in [9.17, 15) is 24.8 Å². The molecule has 0 heterocycles.